The van der Waals surface area contributed by atoms with Crippen molar-refractivity contribution in [2.45, 2.75) is 13.8 Å². The molecule has 0 aliphatic heterocycles. The molecule has 0 saturated carbocycles. The minimum atomic E-state index is -0.434. The number of rotatable bonds is 3. The minimum absolute atomic E-state index is 0.286. The summed E-state index contributed by atoms with van der Waals surface area (Å²) in [6.45, 7) is 3.85. The van der Waals surface area contributed by atoms with Crippen LogP contribution in [-0.2, 0) is 4.74 Å². The summed E-state index contributed by atoms with van der Waals surface area (Å²) in [4.78, 5) is 17.1. The van der Waals surface area contributed by atoms with Crippen LogP contribution in [-0.4, -0.2) is 17.6 Å². The predicted molar refractivity (Wildman–Crippen MR) is 89.9 cm³/mol. The smallest absolute Gasteiger partial charge is 0.340 e. The van der Waals surface area contributed by atoms with Gasteiger partial charge in [0.05, 0.1) is 29.7 Å². The van der Waals surface area contributed by atoms with E-state index >= 15 is 0 Å². The van der Waals surface area contributed by atoms with Gasteiger partial charge in [0.2, 0.25) is 0 Å². The molecule has 3 aromatic heterocycles. The number of hydrogen-bond acceptors (Lipinski definition) is 5. The molecule has 0 fully saturated rings. The lowest BCUT2D eigenvalue weighted by molar-refractivity contribution is 0.0525. The van der Waals surface area contributed by atoms with Gasteiger partial charge in [-0.05, 0) is 38.1 Å². The van der Waals surface area contributed by atoms with Crippen molar-refractivity contribution >= 4 is 28.0 Å². The van der Waals surface area contributed by atoms with Gasteiger partial charge in [-0.15, -0.1) is 0 Å². The van der Waals surface area contributed by atoms with Gasteiger partial charge in [0.15, 0.2) is 5.58 Å². The highest BCUT2D eigenvalue weighted by atomic mass is 16.5. The van der Waals surface area contributed by atoms with Crippen LogP contribution < -0.4 is 0 Å². The number of hydrogen-bond donors (Lipinski definition) is 0. The minimum Gasteiger partial charge on any atom is -0.464 e. The second-order valence-electron chi connectivity index (χ2n) is 5.42. The van der Waals surface area contributed by atoms with E-state index in [0.717, 1.165) is 5.39 Å². The summed E-state index contributed by atoms with van der Waals surface area (Å²) in [6.07, 6.45) is 1.56. The molecular formula is C19H15NO4. The van der Waals surface area contributed by atoms with Crippen molar-refractivity contribution in [3.63, 3.8) is 0 Å². The van der Waals surface area contributed by atoms with E-state index in [1.165, 1.54) is 0 Å². The highest BCUT2D eigenvalue weighted by Gasteiger charge is 2.26. The Labute approximate surface area is 137 Å². The predicted octanol–water partition coefficient (Wildman–Crippen LogP) is 4.73. The molecule has 24 heavy (non-hydrogen) atoms. The first-order chi connectivity index (χ1) is 11.7. The molecule has 0 amide bonds. The van der Waals surface area contributed by atoms with Crippen molar-refractivity contribution in [2.24, 2.45) is 0 Å². The van der Waals surface area contributed by atoms with Crippen molar-refractivity contribution in [3.8, 4) is 11.3 Å². The Morgan fingerprint density at radius 3 is 2.79 bits per heavy atom. The van der Waals surface area contributed by atoms with Crippen LogP contribution in [0, 0.1) is 6.92 Å². The monoisotopic (exact) mass is 321 g/mol. The van der Waals surface area contributed by atoms with Crippen molar-refractivity contribution in [1.29, 1.82) is 0 Å². The number of esters is 1. The molecule has 0 radical (unpaired) electrons. The number of para-hydroxylation sites is 1. The third-order valence-corrected chi connectivity index (χ3v) is 3.93. The van der Waals surface area contributed by atoms with Crippen molar-refractivity contribution < 1.29 is 18.4 Å². The molecule has 0 unspecified atom stereocenters. The van der Waals surface area contributed by atoms with E-state index in [4.69, 9.17) is 13.6 Å². The largest absolute Gasteiger partial charge is 0.464 e. The SMILES string of the molecule is CCOC(=O)c1c(C)nc2c(oc3ccccc32)c1-c1ccco1. The first kappa shape index (κ1) is 14.5. The standard InChI is InChI=1S/C19H15NO4/c1-3-22-19(21)15-11(2)20-17-12-7-4-5-8-13(12)24-18(17)16(15)14-9-6-10-23-14/h4-10H,3H2,1-2H3. The van der Waals surface area contributed by atoms with Crippen LogP contribution in [0.25, 0.3) is 33.4 Å². The van der Waals surface area contributed by atoms with E-state index in [1.807, 2.05) is 24.3 Å². The van der Waals surface area contributed by atoms with Gasteiger partial charge in [-0.2, -0.15) is 0 Å². The van der Waals surface area contributed by atoms with Crippen molar-refractivity contribution in [1.82, 2.24) is 4.98 Å². The Hall–Kier alpha value is -3.08. The molecular weight excluding hydrogens is 306 g/mol. The second-order valence-corrected chi connectivity index (χ2v) is 5.42. The van der Waals surface area contributed by atoms with E-state index in [2.05, 4.69) is 4.98 Å². The van der Waals surface area contributed by atoms with E-state index in [-0.39, 0.29) is 6.61 Å². The van der Waals surface area contributed by atoms with Gasteiger partial charge >= 0.3 is 5.97 Å². The molecule has 3 heterocycles. The summed E-state index contributed by atoms with van der Waals surface area (Å²) in [5.41, 5.74) is 3.49. The second kappa shape index (κ2) is 5.53. The summed E-state index contributed by atoms with van der Waals surface area (Å²) >= 11 is 0. The van der Waals surface area contributed by atoms with E-state index in [1.54, 1.807) is 32.2 Å². The van der Waals surface area contributed by atoms with Crippen LogP contribution in [0.2, 0.25) is 0 Å². The highest BCUT2D eigenvalue weighted by Crippen LogP contribution is 2.38. The van der Waals surface area contributed by atoms with Gasteiger partial charge in [0.25, 0.3) is 0 Å². The van der Waals surface area contributed by atoms with Gasteiger partial charge in [-0.1, -0.05) is 12.1 Å². The number of carbonyl (C=O) groups is 1. The molecule has 0 saturated heterocycles. The number of fused-ring (bicyclic) bond motifs is 3. The molecule has 0 aliphatic carbocycles. The fraction of sp³-hybridized carbons (Fsp3) is 0.158. The number of aryl methyl sites for hydroxylation is 1. The number of benzene rings is 1. The van der Waals surface area contributed by atoms with Gasteiger partial charge < -0.3 is 13.6 Å². The average Bonchev–Trinajstić information content (AvgIpc) is 3.21. The average molecular weight is 321 g/mol. The van der Waals surface area contributed by atoms with Crippen LogP contribution in [0.1, 0.15) is 23.0 Å². The normalized spacial score (nSPS) is 11.2. The fourth-order valence-corrected chi connectivity index (χ4v) is 2.94. The number of furan rings is 2. The Morgan fingerprint density at radius 1 is 1.21 bits per heavy atom. The van der Waals surface area contributed by atoms with Crippen LogP contribution in [0.4, 0.5) is 0 Å². The number of nitrogens with zero attached hydrogens (tertiary/aromatic N) is 1. The van der Waals surface area contributed by atoms with Gasteiger partial charge in [-0.3, -0.25) is 0 Å². The lowest BCUT2D eigenvalue weighted by Gasteiger charge is -2.10. The van der Waals surface area contributed by atoms with Gasteiger partial charge in [0.1, 0.15) is 16.9 Å². The lowest BCUT2D eigenvalue weighted by atomic mass is 10.0. The zero-order chi connectivity index (χ0) is 16.7. The molecule has 4 aromatic rings. The fourth-order valence-electron chi connectivity index (χ4n) is 2.94. The number of carbonyl (C=O) groups excluding carboxylic acids is 1. The summed E-state index contributed by atoms with van der Waals surface area (Å²) in [5, 5.41) is 0.902. The van der Waals surface area contributed by atoms with Crippen molar-refractivity contribution in [2.75, 3.05) is 6.61 Å². The molecule has 4 rings (SSSR count). The molecule has 0 N–H and O–H groups in total. The highest BCUT2D eigenvalue weighted by molar-refractivity contribution is 6.12. The van der Waals surface area contributed by atoms with E-state index < -0.39 is 5.97 Å². The maximum atomic E-state index is 12.5. The molecule has 0 spiro atoms. The maximum Gasteiger partial charge on any atom is 0.340 e. The third-order valence-electron chi connectivity index (χ3n) is 3.93. The lowest BCUT2D eigenvalue weighted by Crippen LogP contribution is -2.10. The van der Waals surface area contributed by atoms with Crippen molar-refractivity contribution in [3.05, 3.63) is 53.9 Å². The summed E-state index contributed by atoms with van der Waals surface area (Å²) < 4.78 is 16.8. The Balaban J connectivity index is 2.15. The molecule has 5 heteroatoms. The van der Waals surface area contributed by atoms with Crippen LogP contribution in [0.3, 0.4) is 0 Å². The number of pyridine rings is 1. The zero-order valence-corrected chi connectivity index (χ0v) is 13.3. The van der Waals surface area contributed by atoms with Crippen LogP contribution in [0.5, 0.6) is 0 Å². The molecule has 120 valence electrons. The number of aromatic nitrogens is 1. The first-order valence-corrected chi connectivity index (χ1v) is 7.73. The quantitative estimate of drug-likeness (QED) is 0.511. The molecule has 5 nitrogen and oxygen atoms in total. The maximum absolute atomic E-state index is 12.5. The summed E-state index contributed by atoms with van der Waals surface area (Å²) in [5.74, 6) is 0.115. The van der Waals surface area contributed by atoms with Crippen LogP contribution in [0.15, 0.2) is 51.5 Å². The topological polar surface area (TPSA) is 65.5 Å². The van der Waals surface area contributed by atoms with E-state index in [9.17, 15) is 4.79 Å². The molecule has 0 aliphatic rings. The summed E-state index contributed by atoms with van der Waals surface area (Å²) in [6, 6.07) is 11.2. The Bertz CT molecular complexity index is 1040. The first-order valence-electron chi connectivity index (χ1n) is 7.73. The van der Waals surface area contributed by atoms with Crippen LogP contribution >= 0.6 is 0 Å². The van der Waals surface area contributed by atoms with E-state index in [0.29, 0.717) is 39.3 Å². The van der Waals surface area contributed by atoms with Gasteiger partial charge in [0, 0.05) is 5.39 Å². The molecule has 0 bridgehead atoms. The zero-order valence-electron chi connectivity index (χ0n) is 13.3. The third kappa shape index (κ3) is 2.09. The number of ether oxygens (including phenoxy) is 1. The Kier molecular flexibility index (Phi) is 3.34. The van der Waals surface area contributed by atoms with Gasteiger partial charge in [-0.25, -0.2) is 9.78 Å². The molecule has 1 aromatic carbocycles. The summed E-state index contributed by atoms with van der Waals surface area (Å²) in [7, 11) is 0. The Morgan fingerprint density at radius 2 is 2.04 bits per heavy atom. The molecule has 0 atom stereocenters.